The van der Waals surface area contributed by atoms with Gasteiger partial charge in [0.15, 0.2) is 0 Å². The molecule has 102 valence electrons. The van der Waals surface area contributed by atoms with Gasteiger partial charge in [0.25, 0.3) is 0 Å². The SMILES string of the molecule is CC1CC(Cl)C(C)C(C(C)(C)C)C1C(C)(C)C. The molecule has 0 aromatic carbocycles. The number of halogens is 1. The first-order chi connectivity index (χ1) is 7.46. The maximum atomic E-state index is 6.58. The summed E-state index contributed by atoms with van der Waals surface area (Å²) in [6.45, 7) is 19.1. The van der Waals surface area contributed by atoms with E-state index in [0.717, 1.165) is 11.8 Å². The van der Waals surface area contributed by atoms with E-state index in [1.54, 1.807) is 0 Å². The third-order valence-corrected chi connectivity index (χ3v) is 5.31. The topological polar surface area (TPSA) is 0 Å². The molecule has 1 aliphatic carbocycles. The number of hydrogen-bond donors (Lipinski definition) is 0. The van der Waals surface area contributed by atoms with Crippen LogP contribution in [0.15, 0.2) is 0 Å². The molecule has 0 aliphatic heterocycles. The van der Waals surface area contributed by atoms with Crippen LogP contribution in [-0.4, -0.2) is 5.38 Å². The summed E-state index contributed by atoms with van der Waals surface area (Å²) in [5.74, 6) is 2.84. The third-order valence-electron chi connectivity index (χ3n) is 4.73. The highest BCUT2D eigenvalue weighted by atomic mass is 35.5. The van der Waals surface area contributed by atoms with Crippen LogP contribution >= 0.6 is 11.6 Å². The summed E-state index contributed by atoms with van der Waals surface area (Å²) in [5.41, 5.74) is 0.724. The molecule has 1 fully saturated rings. The second-order valence-electron chi connectivity index (χ2n) is 8.37. The second-order valence-corrected chi connectivity index (χ2v) is 8.93. The molecule has 0 heterocycles. The van der Waals surface area contributed by atoms with Crippen molar-refractivity contribution >= 4 is 11.6 Å². The molecule has 0 radical (unpaired) electrons. The lowest BCUT2D eigenvalue weighted by atomic mass is 9.52. The van der Waals surface area contributed by atoms with Crippen molar-refractivity contribution in [2.24, 2.45) is 34.5 Å². The summed E-state index contributed by atoms with van der Waals surface area (Å²) in [5, 5.41) is 0.354. The molecule has 1 saturated carbocycles. The molecular formula is C16H31Cl. The molecule has 0 spiro atoms. The Labute approximate surface area is 114 Å². The van der Waals surface area contributed by atoms with Crippen molar-refractivity contribution in [1.29, 1.82) is 0 Å². The standard InChI is InChI=1S/C16H31Cl/c1-10-9-12(17)11(2)14(16(6,7)8)13(10)15(3,4)5/h10-14H,9H2,1-8H3. The fraction of sp³-hybridized carbons (Fsp3) is 1.00. The minimum Gasteiger partial charge on any atom is -0.123 e. The van der Waals surface area contributed by atoms with E-state index in [1.807, 2.05) is 0 Å². The minimum absolute atomic E-state index is 0.346. The Balaban J connectivity index is 3.13. The zero-order valence-electron chi connectivity index (χ0n) is 13.0. The first kappa shape index (κ1) is 15.3. The largest absolute Gasteiger partial charge is 0.123 e. The van der Waals surface area contributed by atoms with E-state index in [2.05, 4.69) is 55.4 Å². The zero-order valence-corrected chi connectivity index (χ0v) is 13.7. The van der Waals surface area contributed by atoms with Crippen LogP contribution < -0.4 is 0 Å². The summed E-state index contributed by atoms with van der Waals surface area (Å²) in [6.07, 6.45) is 1.18. The molecule has 0 N–H and O–H groups in total. The zero-order chi connectivity index (χ0) is 13.6. The van der Waals surface area contributed by atoms with Crippen LogP contribution in [0, 0.1) is 34.5 Å². The first-order valence-corrected chi connectivity index (χ1v) is 7.54. The van der Waals surface area contributed by atoms with Gasteiger partial charge in [0.05, 0.1) is 0 Å². The van der Waals surface area contributed by atoms with Crippen molar-refractivity contribution in [1.82, 2.24) is 0 Å². The highest BCUT2D eigenvalue weighted by molar-refractivity contribution is 6.20. The summed E-state index contributed by atoms with van der Waals surface area (Å²) < 4.78 is 0. The van der Waals surface area contributed by atoms with Gasteiger partial charge in [-0.1, -0.05) is 55.4 Å². The fourth-order valence-electron chi connectivity index (χ4n) is 4.34. The summed E-state index contributed by atoms with van der Waals surface area (Å²) in [6, 6.07) is 0. The molecule has 0 amide bonds. The van der Waals surface area contributed by atoms with Gasteiger partial charge >= 0.3 is 0 Å². The number of rotatable bonds is 0. The maximum absolute atomic E-state index is 6.58. The van der Waals surface area contributed by atoms with Gasteiger partial charge in [-0.2, -0.15) is 0 Å². The van der Waals surface area contributed by atoms with Crippen LogP contribution in [0.1, 0.15) is 61.8 Å². The molecule has 0 nitrogen and oxygen atoms in total. The van der Waals surface area contributed by atoms with E-state index in [1.165, 1.54) is 6.42 Å². The van der Waals surface area contributed by atoms with Crippen molar-refractivity contribution in [3.63, 3.8) is 0 Å². The lowest BCUT2D eigenvalue weighted by Gasteiger charge is -2.54. The molecule has 5 unspecified atom stereocenters. The molecule has 1 aliphatic rings. The predicted octanol–water partition coefficient (Wildman–Crippen LogP) is 5.59. The van der Waals surface area contributed by atoms with Crippen LogP contribution in [0.2, 0.25) is 0 Å². The summed E-state index contributed by atoms with van der Waals surface area (Å²) >= 11 is 6.58. The van der Waals surface area contributed by atoms with Crippen molar-refractivity contribution < 1.29 is 0 Å². The van der Waals surface area contributed by atoms with Crippen molar-refractivity contribution in [3.8, 4) is 0 Å². The van der Waals surface area contributed by atoms with Crippen LogP contribution in [0.3, 0.4) is 0 Å². The predicted molar refractivity (Wildman–Crippen MR) is 78.5 cm³/mol. The van der Waals surface area contributed by atoms with Gasteiger partial charge in [-0.05, 0) is 40.9 Å². The van der Waals surface area contributed by atoms with Gasteiger partial charge in [0, 0.05) is 5.38 Å². The lowest BCUT2D eigenvalue weighted by Crippen LogP contribution is -2.49. The first-order valence-electron chi connectivity index (χ1n) is 7.10. The number of hydrogen-bond acceptors (Lipinski definition) is 0. The van der Waals surface area contributed by atoms with Gasteiger partial charge in [0.1, 0.15) is 0 Å². The van der Waals surface area contributed by atoms with Crippen LogP contribution in [0.5, 0.6) is 0 Å². The summed E-state index contributed by atoms with van der Waals surface area (Å²) in [7, 11) is 0. The molecule has 0 saturated heterocycles. The van der Waals surface area contributed by atoms with Crippen LogP contribution in [0.4, 0.5) is 0 Å². The Morgan fingerprint density at radius 1 is 0.824 bits per heavy atom. The third kappa shape index (κ3) is 3.19. The van der Waals surface area contributed by atoms with Crippen LogP contribution in [0.25, 0.3) is 0 Å². The Bertz CT molecular complexity index is 256. The molecular weight excluding hydrogens is 228 g/mol. The molecule has 17 heavy (non-hydrogen) atoms. The average molecular weight is 259 g/mol. The van der Waals surface area contributed by atoms with Crippen LogP contribution in [-0.2, 0) is 0 Å². The smallest absolute Gasteiger partial charge is 0.0367 e. The normalized spacial score (nSPS) is 40.4. The molecule has 0 aromatic rings. The molecule has 0 bridgehead atoms. The van der Waals surface area contributed by atoms with E-state index in [0.29, 0.717) is 28.0 Å². The Morgan fingerprint density at radius 3 is 1.59 bits per heavy atom. The van der Waals surface area contributed by atoms with Crippen molar-refractivity contribution in [2.45, 2.75) is 67.2 Å². The van der Waals surface area contributed by atoms with E-state index in [4.69, 9.17) is 11.6 Å². The van der Waals surface area contributed by atoms with Crippen molar-refractivity contribution in [2.75, 3.05) is 0 Å². The Morgan fingerprint density at radius 2 is 1.24 bits per heavy atom. The summed E-state index contributed by atoms with van der Waals surface area (Å²) in [4.78, 5) is 0. The van der Waals surface area contributed by atoms with E-state index >= 15 is 0 Å². The molecule has 1 rings (SSSR count). The monoisotopic (exact) mass is 258 g/mol. The average Bonchev–Trinajstić information content (AvgIpc) is 2.06. The highest BCUT2D eigenvalue weighted by Crippen LogP contribution is 2.54. The Kier molecular flexibility index (Phi) is 4.30. The minimum atomic E-state index is 0.346. The molecule has 1 heteroatoms. The van der Waals surface area contributed by atoms with E-state index < -0.39 is 0 Å². The van der Waals surface area contributed by atoms with Gasteiger partial charge in [-0.3, -0.25) is 0 Å². The van der Waals surface area contributed by atoms with Gasteiger partial charge in [0.2, 0.25) is 0 Å². The number of alkyl halides is 1. The van der Waals surface area contributed by atoms with E-state index in [9.17, 15) is 0 Å². The highest BCUT2D eigenvalue weighted by Gasteiger charge is 2.49. The fourth-order valence-corrected chi connectivity index (χ4v) is 4.78. The Hall–Kier alpha value is 0.290. The van der Waals surface area contributed by atoms with Gasteiger partial charge in [-0.15, -0.1) is 11.6 Å². The lowest BCUT2D eigenvalue weighted by molar-refractivity contribution is -0.0358. The van der Waals surface area contributed by atoms with E-state index in [-0.39, 0.29) is 0 Å². The molecule has 0 aromatic heterocycles. The second kappa shape index (κ2) is 4.76. The maximum Gasteiger partial charge on any atom is 0.0367 e. The van der Waals surface area contributed by atoms with Gasteiger partial charge in [-0.25, -0.2) is 0 Å². The van der Waals surface area contributed by atoms with Gasteiger partial charge < -0.3 is 0 Å². The van der Waals surface area contributed by atoms with Crippen molar-refractivity contribution in [3.05, 3.63) is 0 Å². The quantitative estimate of drug-likeness (QED) is 0.497. The molecule has 5 atom stereocenters.